The smallest absolute Gasteiger partial charge is 0.342 e. The lowest BCUT2D eigenvalue weighted by Gasteiger charge is -2.20. The van der Waals surface area contributed by atoms with E-state index in [9.17, 15) is 4.79 Å². The molecule has 0 unspecified atom stereocenters. The summed E-state index contributed by atoms with van der Waals surface area (Å²) >= 11 is 5.84. The molecule has 96 valence electrons. The number of esters is 1. The van der Waals surface area contributed by atoms with E-state index in [1.54, 1.807) is 19.2 Å². The van der Waals surface area contributed by atoms with Crippen LogP contribution in [-0.2, 0) is 4.74 Å². The van der Waals surface area contributed by atoms with Gasteiger partial charge in [-0.05, 0) is 39.3 Å². The molecule has 0 aliphatic carbocycles. The third-order valence-corrected chi connectivity index (χ3v) is 2.00. The van der Waals surface area contributed by atoms with E-state index in [1.165, 1.54) is 0 Å². The lowest BCUT2D eigenvalue weighted by molar-refractivity contribution is 0.00685. The molecular formula is C13H20ClNO2. The second-order valence-corrected chi connectivity index (χ2v) is 4.65. The monoisotopic (exact) mass is 257 g/mol. The summed E-state index contributed by atoms with van der Waals surface area (Å²) in [5.41, 5.74) is 0.584. The first kappa shape index (κ1) is 15.9. The zero-order chi connectivity index (χ0) is 13.6. The van der Waals surface area contributed by atoms with Crippen LogP contribution in [0, 0.1) is 6.92 Å². The lowest BCUT2D eigenvalue weighted by Crippen LogP contribution is -2.24. The van der Waals surface area contributed by atoms with Crippen LogP contribution in [0.3, 0.4) is 0 Å². The second-order valence-electron chi connectivity index (χ2n) is 4.30. The maximum Gasteiger partial charge on any atom is 0.342 e. The maximum atomic E-state index is 11.8. The number of hydrogen-bond acceptors (Lipinski definition) is 3. The van der Waals surface area contributed by atoms with Crippen molar-refractivity contribution in [3.8, 4) is 0 Å². The van der Waals surface area contributed by atoms with Crippen molar-refractivity contribution in [2.75, 3.05) is 0 Å². The summed E-state index contributed by atoms with van der Waals surface area (Å²) in [4.78, 5) is 15.6. The van der Waals surface area contributed by atoms with Crippen molar-refractivity contribution in [1.82, 2.24) is 4.98 Å². The molecule has 0 aromatic carbocycles. The van der Waals surface area contributed by atoms with Crippen molar-refractivity contribution in [2.45, 2.75) is 47.1 Å². The SMILES string of the molecule is CC.Cc1ccnc(Cl)c1C(=O)OC(C)(C)C. The highest BCUT2D eigenvalue weighted by Crippen LogP contribution is 2.20. The maximum absolute atomic E-state index is 11.8. The Labute approximate surface area is 108 Å². The molecule has 1 heterocycles. The van der Waals surface area contributed by atoms with Gasteiger partial charge in [0.05, 0.1) is 5.56 Å². The van der Waals surface area contributed by atoms with Gasteiger partial charge in [0.1, 0.15) is 10.8 Å². The fourth-order valence-electron chi connectivity index (χ4n) is 1.10. The highest BCUT2D eigenvalue weighted by Gasteiger charge is 2.21. The first-order chi connectivity index (χ1) is 7.81. The molecule has 0 bridgehead atoms. The van der Waals surface area contributed by atoms with E-state index in [-0.39, 0.29) is 5.15 Å². The highest BCUT2D eigenvalue weighted by molar-refractivity contribution is 6.32. The molecule has 0 atom stereocenters. The summed E-state index contributed by atoms with van der Waals surface area (Å²) < 4.78 is 5.22. The number of halogens is 1. The number of carbonyl (C=O) groups is 1. The van der Waals surface area contributed by atoms with Crippen LogP contribution in [0.2, 0.25) is 5.15 Å². The van der Waals surface area contributed by atoms with Gasteiger partial charge in [-0.15, -0.1) is 0 Å². The third-order valence-electron chi connectivity index (χ3n) is 1.72. The normalized spacial score (nSPS) is 10.3. The quantitative estimate of drug-likeness (QED) is 0.563. The third kappa shape index (κ3) is 5.18. The van der Waals surface area contributed by atoms with Gasteiger partial charge in [-0.2, -0.15) is 0 Å². The molecule has 0 saturated carbocycles. The Morgan fingerprint density at radius 3 is 2.29 bits per heavy atom. The van der Waals surface area contributed by atoms with E-state index in [4.69, 9.17) is 16.3 Å². The molecule has 0 spiro atoms. The minimum absolute atomic E-state index is 0.184. The number of carbonyl (C=O) groups excluding carboxylic acids is 1. The van der Waals surface area contributed by atoms with Gasteiger partial charge < -0.3 is 4.74 Å². The van der Waals surface area contributed by atoms with Crippen molar-refractivity contribution >= 4 is 17.6 Å². The molecule has 1 aromatic heterocycles. The Morgan fingerprint density at radius 1 is 1.35 bits per heavy atom. The number of nitrogens with zero attached hydrogens (tertiary/aromatic N) is 1. The molecule has 0 amide bonds. The topological polar surface area (TPSA) is 39.2 Å². The Bertz CT molecular complexity index is 363. The number of ether oxygens (including phenoxy) is 1. The average molecular weight is 258 g/mol. The van der Waals surface area contributed by atoms with Crippen LogP contribution in [-0.4, -0.2) is 16.6 Å². The van der Waals surface area contributed by atoms with Crippen molar-refractivity contribution in [1.29, 1.82) is 0 Å². The van der Waals surface area contributed by atoms with Crippen molar-refractivity contribution in [3.63, 3.8) is 0 Å². The Kier molecular flexibility index (Phi) is 6.18. The van der Waals surface area contributed by atoms with E-state index < -0.39 is 11.6 Å². The molecule has 1 rings (SSSR count). The predicted octanol–water partition coefficient (Wildman–Crippen LogP) is 4.02. The molecule has 0 N–H and O–H groups in total. The molecule has 0 aliphatic rings. The largest absolute Gasteiger partial charge is 0.456 e. The minimum atomic E-state index is -0.525. The van der Waals surface area contributed by atoms with E-state index in [0.717, 1.165) is 5.56 Å². The second kappa shape index (κ2) is 6.60. The Hall–Kier alpha value is -1.09. The molecule has 1 aromatic rings. The minimum Gasteiger partial charge on any atom is -0.456 e. The van der Waals surface area contributed by atoms with Gasteiger partial charge in [-0.3, -0.25) is 0 Å². The van der Waals surface area contributed by atoms with Crippen LogP contribution in [0.1, 0.15) is 50.5 Å². The van der Waals surface area contributed by atoms with Crippen LogP contribution in [0.5, 0.6) is 0 Å². The van der Waals surface area contributed by atoms with Crippen LogP contribution in [0.15, 0.2) is 12.3 Å². The molecule has 0 radical (unpaired) electrons. The Morgan fingerprint density at radius 2 is 1.88 bits per heavy atom. The standard InChI is InChI=1S/C11H14ClNO2.C2H6/c1-7-5-6-13-9(12)8(7)10(14)15-11(2,3)4;1-2/h5-6H,1-4H3;1-2H3. The molecule has 17 heavy (non-hydrogen) atoms. The van der Waals surface area contributed by atoms with Crippen LogP contribution in [0.4, 0.5) is 0 Å². The summed E-state index contributed by atoms with van der Waals surface area (Å²) in [6, 6.07) is 1.73. The molecule has 4 heteroatoms. The van der Waals surface area contributed by atoms with E-state index in [2.05, 4.69) is 4.98 Å². The first-order valence-corrected chi connectivity index (χ1v) is 6.03. The van der Waals surface area contributed by atoms with Gasteiger partial charge in [0.15, 0.2) is 0 Å². The number of pyridine rings is 1. The fraction of sp³-hybridized carbons (Fsp3) is 0.538. The zero-order valence-electron chi connectivity index (χ0n) is 11.3. The summed E-state index contributed by atoms with van der Waals surface area (Å²) in [6.45, 7) is 11.2. The predicted molar refractivity (Wildman–Crippen MR) is 70.5 cm³/mol. The van der Waals surface area contributed by atoms with Crippen molar-refractivity contribution in [2.24, 2.45) is 0 Å². The van der Waals surface area contributed by atoms with Crippen LogP contribution >= 0.6 is 11.6 Å². The molecular weight excluding hydrogens is 238 g/mol. The van der Waals surface area contributed by atoms with Gasteiger partial charge in [0.25, 0.3) is 0 Å². The number of aromatic nitrogens is 1. The molecule has 3 nitrogen and oxygen atoms in total. The van der Waals surface area contributed by atoms with Gasteiger partial charge >= 0.3 is 5.97 Å². The number of aryl methyl sites for hydroxylation is 1. The zero-order valence-corrected chi connectivity index (χ0v) is 12.1. The van der Waals surface area contributed by atoms with Crippen LogP contribution in [0.25, 0.3) is 0 Å². The summed E-state index contributed by atoms with van der Waals surface area (Å²) in [5, 5.41) is 0.184. The lowest BCUT2D eigenvalue weighted by atomic mass is 10.1. The van der Waals surface area contributed by atoms with E-state index in [0.29, 0.717) is 5.56 Å². The van der Waals surface area contributed by atoms with Gasteiger partial charge in [-0.1, -0.05) is 25.4 Å². The first-order valence-electron chi connectivity index (χ1n) is 5.66. The summed E-state index contributed by atoms with van der Waals surface area (Å²) in [6.07, 6.45) is 1.56. The van der Waals surface area contributed by atoms with E-state index in [1.807, 2.05) is 34.6 Å². The van der Waals surface area contributed by atoms with E-state index >= 15 is 0 Å². The molecule has 0 aliphatic heterocycles. The summed E-state index contributed by atoms with van der Waals surface area (Å²) in [5.74, 6) is -0.432. The van der Waals surface area contributed by atoms with Crippen LogP contribution < -0.4 is 0 Å². The number of rotatable bonds is 1. The summed E-state index contributed by atoms with van der Waals surface area (Å²) in [7, 11) is 0. The highest BCUT2D eigenvalue weighted by atomic mass is 35.5. The molecule has 0 saturated heterocycles. The van der Waals surface area contributed by atoms with Gasteiger partial charge in [0, 0.05) is 6.20 Å². The van der Waals surface area contributed by atoms with Crippen molar-refractivity contribution < 1.29 is 9.53 Å². The van der Waals surface area contributed by atoms with Gasteiger partial charge in [-0.25, -0.2) is 9.78 Å². The fourth-order valence-corrected chi connectivity index (χ4v) is 1.38. The number of hydrogen-bond donors (Lipinski definition) is 0. The molecule has 0 fully saturated rings. The average Bonchev–Trinajstić information content (AvgIpc) is 2.17. The van der Waals surface area contributed by atoms with Crippen molar-refractivity contribution in [3.05, 3.63) is 28.5 Å². The Balaban J connectivity index is 0.00000121. The van der Waals surface area contributed by atoms with Gasteiger partial charge in [0.2, 0.25) is 0 Å².